The highest BCUT2D eigenvalue weighted by atomic mass is 16.6. The van der Waals surface area contributed by atoms with E-state index in [1.165, 1.54) is 29.2 Å². The van der Waals surface area contributed by atoms with Crippen LogP contribution in [-0.2, 0) is 33.9 Å². The molecule has 0 unspecified atom stereocenters. The first-order chi connectivity index (χ1) is 15.8. The monoisotopic (exact) mass is 452 g/mol. The molecule has 2 aromatic rings. The molecule has 0 saturated carbocycles. The number of hydrogen-bond donors (Lipinski definition) is 1. The number of nitro benzene ring substituents is 1. The van der Waals surface area contributed by atoms with Crippen molar-refractivity contribution in [3.05, 3.63) is 63.1 Å². The maximum atomic E-state index is 13.2. The Morgan fingerprint density at radius 1 is 1.33 bits per heavy atom. The van der Waals surface area contributed by atoms with E-state index >= 15 is 0 Å². The predicted octanol–water partition coefficient (Wildman–Crippen LogP) is 2.19. The molecule has 10 nitrogen and oxygen atoms in total. The first-order valence-corrected chi connectivity index (χ1v) is 11.1. The third-order valence-electron chi connectivity index (χ3n) is 6.66. The number of hydrogen-bond acceptors (Lipinski definition) is 7. The lowest BCUT2D eigenvalue weighted by atomic mass is 9.83. The molecule has 1 saturated heterocycles. The number of aliphatic hydroxyl groups excluding tert-OH is 1. The van der Waals surface area contributed by atoms with Gasteiger partial charge in [-0.3, -0.25) is 19.6 Å². The van der Waals surface area contributed by atoms with Crippen LogP contribution in [0.15, 0.2) is 36.0 Å². The van der Waals surface area contributed by atoms with E-state index < -0.39 is 22.9 Å². The summed E-state index contributed by atoms with van der Waals surface area (Å²) in [6.45, 7) is 2.32. The maximum Gasteiger partial charge on any atom is 0.355 e. The number of amides is 1. The Bertz CT molecular complexity index is 1140. The molecule has 4 heterocycles. The lowest BCUT2D eigenvalue weighted by molar-refractivity contribution is -0.384. The molecule has 0 radical (unpaired) electrons. The number of β-lactam (4-membered cyclic amide) rings is 1. The van der Waals surface area contributed by atoms with Gasteiger partial charge in [-0.1, -0.05) is 0 Å². The first-order valence-electron chi connectivity index (χ1n) is 11.1. The Morgan fingerprint density at radius 3 is 2.76 bits per heavy atom. The molecule has 5 rings (SSSR count). The zero-order chi connectivity index (χ0) is 23.3. The van der Waals surface area contributed by atoms with Gasteiger partial charge < -0.3 is 14.7 Å². The number of nitrogens with zero attached hydrogens (tertiary/aromatic N) is 4. The second-order valence-electron chi connectivity index (χ2n) is 8.77. The van der Waals surface area contributed by atoms with Gasteiger partial charge in [-0.05, 0) is 56.4 Å². The topological polar surface area (TPSA) is 128 Å². The normalized spacial score (nSPS) is 22.5. The molecule has 3 atom stereocenters. The van der Waals surface area contributed by atoms with Crippen LogP contribution in [0.3, 0.4) is 0 Å². The van der Waals surface area contributed by atoms with Gasteiger partial charge in [0.1, 0.15) is 12.3 Å². The van der Waals surface area contributed by atoms with Gasteiger partial charge in [0.05, 0.1) is 28.7 Å². The quantitative estimate of drug-likeness (QED) is 0.308. The Labute approximate surface area is 189 Å². The number of aryl methyl sites for hydroxylation is 2. The summed E-state index contributed by atoms with van der Waals surface area (Å²) in [6.07, 6.45) is 2.67. The third-order valence-corrected chi connectivity index (χ3v) is 6.66. The molecule has 0 aliphatic carbocycles. The number of rotatable bonds is 6. The fourth-order valence-corrected chi connectivity index (χ4v) is 4.98. The van der Waals surface area contributed by atoms with E-state index in [0.29, 0.717) is 23.3 Å². The maximum absolute atomic E-state index is 13.2. The average Bonchev–Trinajstić information content (AvgIpc) is 3.36. The van der Waals surface area contributed by atoms with Crippen LogP contribution >= 0.6 is 0 Å². The molecule has 10 heteroatoms. The van der Waals surface area contributed by atoms with Crippen LogP contribution in [-0.4, -0.2) is 48.7 Å². The summed E-state index contributed by atoms with van der Waals surface area (Å²) in [7, 11) is 0. The van der Waals surface area contributed by atoms with Gasteiger partial charge in [0.25, 0.3) is 5.69 Å². The molecule has 1 amide bonds. The van der Waals surface area contributed by atoms with Crippen LogP contribution in [0.2, 0.25) is 0 Å². The fraction of sp³-hybridized carbons (Fsp3) is 0.435. The highest BCUT2D eigenvalue weighted by Crippen LogP contribution is 2.47. The lowest BCUT2D eigenvalue weighted by Crippen LogP contribution is -2.61. The second-order valence-corrected chi connectivity index (χ2v) is 8.77. The minimum atomic E-state index is -0.814. The molecule has 3 aliphatic heterocycles. The van der Waals surface area contributed by atoms with E-state index in [2.05, 4.69) is 5.10 Å². The van der Waals surface area contributed by atoms with E-state index in [0.717, 1.165) is 31.5 Å². The lowest BCUT2D eigenvalue weighted by Gasteiger charge is -2.44. The number of non-ortho nitro benzene ring substituents is 1. The zero-order valence-electron chi connectivity index (χ0n) is 18.1. The predicted molar refractivity (Wildman–Crippen MR) is 115 cm³/mol. The van der Waals surface area contributed by atoms with Crippen molar-refractivity contribution in [3.8, 4) is 0 Å². The van der Waals surface area contributed by atoms with E-state index in [-0.39, 0.29) is 29.9 Å². The van der Waals surface area contributed by atoms with E-state index in [4.69, 9.17) is 4.74 Å². The highest BCUT2D eigenvalue weighted by molar-refractivity contribution is 6.06. The number of nitro groups is 1. The van der Waals surface area contributed by atoms with Gasteiger partial charge in [0.15, 0.2) is 0 Å². The van der Waals surface area contributed by atoms with E-state index in [1.54, 1.807) is 6.92 Å². The number of carbonyl (C=O) groups excluding carboxylic acids is 2. The SMILES string of the molecule is C[C@@H](O)[C@H]1C(=O)N2C(C(=O)OCc3ccc([N+](=O)[O-])cc3)=C(c3cc4n(n3)CCCC4)C[C@H]12. The molecule has 0 bridgehead atoms. The van der Waals surface area contributed by atoms with Gasteiger partial charge in [0, 0.05) is 29.9 Å². The number of aliphatic hydroxyl groups is 1. The smallest absolute Gasteiger partial charge is 0.355 e. The minimum Gasteiger partial charge on any atom is -0.456 e. The standard InChI is InChI=1S/C23H24N4O6/c1-13(28)20-19-11-17(18-10-16-4-2-3-9-25(16)24-18)21(26(19)22(20)29)23(30)33-12-14-5-7-15(8-6-14)27(31)32/h5-8,10,13,19-20,28H,2-4,9,11-12H2,1H3/t13-,19-,20-/m1/s1. The van der Waals surface area contributed by atoms with Crippen molar-refractivity contribution in [2.75, 3.05) is 0 Å². The number of ether oxygens (including phenoxy) is 1. The third kappa shape index (κ3) is 3.60. The number of aromatic nitrogens is 2. The van der Waals surface area contributed by atoms with Crippen LogP contribution in [0.4, 0.5) is 5.69 Å². The van der Waals surface area contributed by atoms with Crippen molar-refractivity contribution >= 4 is 23.1 Å². The number of esters is 1. The molecular weight excluding hydrogens is 428 g/mol. The van der Waals surface area contributed by atoms with Crippen LogP contribution in [0.5, 0.6) is 0 Å². The summed E-state index contributed by atoms with van der Waals surface area (Å²) >= 11 is 0. The Hall–Kier alpha value is -3.53. The summed E-state index contributed by atoms with van der Waals surface area (Å²) in [4.78, 5) is 37.7. The summed E-state index contributed by atoms with van der Waals surface area (Å²) in [5.74, 6) is -1.50. The molecule has 33 heavy (non-hydrogen) atoms. The van der Waals surface area contributed by atoms with Crippen molar-refractivity contribution in [2.45, 2.75) is 57.9 Å². The van der Waals surface area contributed by atoms with Crippen molar-refractivity contribution < 1.29 is 24.4 Å². The Kier molecular flexibility index (Phi) is 5.24. The summed E-state index contributed by atoms with van der Waals surface area (Å²) < 4.78 is 7.46. The number of carbonyl (C=O) groups is 2. The van der Waals surface area contributed by atoms with Crippen molar-refractivity contribution in [1.29, 1.82) is 0 Å². The molecule has 172 valence electrons. The van der Waals surface area contributed by atoms with E-state index in [9.17, 15) is 24.8 Å². The van der Waals surface area contributed by atoms with Gasteiger partial charge >= 0.3 is 5.97 Å². The number of fused-ring (bicyclic) bond motifs is 2. The average molecular weight is 452 g/mol. The highest BCUT2D eigenvalue weighted by Gasteiger charge is 2.57. The Balaban J connectivity index is 1.42. The fourth-order valence-electron chi connectivity index (χ4n) is 4.98. The van der Waals surface area contributed by atoms with Crippen molar-refractivity contribution in [3.63, 3.8) is 0 Å². The zero-order valence-corrected chi connectivity index (χ0v) is 18.1. The molecule has 3 aliphatic rings. The molecule has 1 N–H and O–H groups in total. The van der Waals surface area contributed by atoms with Gasteiger partial charge in [-0.15, -0.1) is 0 Å². The van der Waals surface area contributed by atoms with Crippen LogP contribution in [0.1, 0.15) is 43.1 Å². The van der Waals surface area contributed by atoms with Gasteiger partial charge in [-0.2, -0.15) is 5.10 Å². The van der Waals surface area contributed by atoms with Crippen molar-refractivity contribution in [2.24, 2.45) is 5.92 Å². The number of benzene rings is 1. The first kappa shape index (κ1) is 21.3. The molecule has 1 aromatic heterocycles. The van der Waals surface area contributed by atoms with E-state index in [1.807, 2.05) is 10.7 Å². The second kappa shape index (κ2) is 8.11. The van der Waals surface area contributed by atoms with Crippen LogP contribution < -0.4 is 0 Å². The molecular formula is C23H24N4O6. The largest absolute Gasteiger partial charge is 0.456 e. The molecule has 0 spiro atoms. The summed E-state index contributed by atoms with van der Waals surface area (Å²) in [5.41, 5.74) is 3.16. The molecule has 1 fully saturated rings. The van der Waals surface area contributed by atoms with Crippen molar-refractivity contribution in [1.82, 2.24) is 14.7 Å². The van der Waals surface area contributed by atoms with Crippen LogP contribution in [0, 0.1) is 16.0 Å². The molecule has 1 aromatic carbocycles. The Morgan fingerprint density at radius 2 is 2.09 bits per heavy atom. The summed E-state index contributed by atoms with van der Waals surface area (Å²) in [6, 6.07) is 7.43. The van der Waals surface area contributed by atoms with Gasteiger partial charge in [-0.25, -0.2) is 4.79 Å². The summed E-state index contributed by atoms with van der Waals surface area (Å²) in [5, 5.41) is 25.6. The van der Waals surface area contributed by atoms with Crippen LogP contribution in [0.25, 0.3) is 5.57 Å². The minimum absolute atomic E-state index is 0.0483. The van der Waals surface area contributed by atoms with Gasteiger partial charge in [0.2, 0.25) is 5.91 Å².